The van der Waals surface area contributed by atoms with Gasteiger partial charge in [-0.1, -0.05) is 40.5 Å². The van der Waals surface area contributed by atoms with Gasteiger partial charge in [0, 0.05) is 44.9 Å². The third-order valence-electron chi connectivity index (χ3n) is 14.5. The minimum Gasteiger partial charge on any atom is -0.481 e. The number of nitrogens with one attached hydrogen (secondary N) is 3. The second-order valence-electron chi connectivity index (χ2n) is 23.6. The van der Waals surface area contributed by atoms with E-state index < -0.39 is 162 Å². The first kappa shape index (κ1) is 96.0. The number of unbranched alkanes of at least 4 members (excludes halogenated alkanes) is 2. The summed E-state index contributed by atoms with van der Waals surface area (Å²) in [5.41, 5.74) is 16.8. The number of nitrogens with two attached hydrogens (primary N) is 4. The Morgan fingerprint density at radius 1 is 0.465 bits per heavy atom. The topological polar surface area (TPSA) is 685 Å². The Bertz CT molecular complexity index is 2600. The molecule has 0 aromatic rings. The maximum Gasteiger partial charge on any atom is 0.372 e. The van der Waals surface area contributed by atoms with Crippen LogP contribution in [0.2, 0.25) is 0 Å². The number of esters is 2. The van der Waals surface area contributed by atoms with E-state index in [1.54, 1.807) is 14.1 Å². The largest absolute Gasteiger partial charge is 0.481 e. The molecule has 3 unspecified atom stereocenters. The fraction of sp³-hybridized carbons (Fsp3) is 0.689. The maximum absolute atomic E-state index is 12.3. The van der Waals surface area contributed by atoms with Crippen molar-refractivity contribution in [2.75, 3.05) is 14.1 Å². The lowest BCUT2D eigenvalue weighted by Gasteiger charge is -2.30. The predicted molar refractivity (Wildman–Crippen MR) is 339 cm³/mol. The van der Waals surface area contributed by atoms with E-state index in [1.165, 1.54) is 0 Å². The first-order chi connectivity index (χ1) is 45.8. The van der Waals surface area contributed by atoms with Gasteiger partial charge in [0.05, 0.1) is 5.92 Å². The number of carboxylic acid groups (broad SMARTS) is 10. The molecule has 3 amide bonds. The Kier molecular flexibility index (Phi) is 50.2. The van der Waals surface area contributed by atoms with E-state index in [9.17, 15) is 101 Å². The molecular formula is C61H99N7O31. The van der Waals surface area contributed by atoms with Crippen LogP contribution < -0.4 is 38.9 Å². The van der Waals surface area contributed by atoms with E-state index in [4.69, 9.17) is 73.3 Å². The molecule has 1 aliphatic carbocycles. The van der Waals surface area contributed by atoms with Gasteiger partial charge in [0.1, 0.15) is 30.2 Å². The number of ketones is 4. The Hall–Kier alpha value is -9.43. The molecule has 1 saturated heterocycles. The van der Waals surface area contributed by atoms with Crippen molar-refractivity contribution in [3.8, 4) is 0 Å². The van der Waals surface area contributed by atoms with Gasteiger partial charge in [0.15, 0.2) is 0 Å². The molecule has 2 aliphatic rings. The van der Waals surface area contributed by atoms with E-state index in [1.807, 2.05) is 27.7 Å². The summed E-state index contributed by atoms with van der Waals surface area (Å²) in [6.45, 7) is 8.03. The van der Waals surface area contributed by atoms with Crippen LogP contribution >= 0.6 is 0 Å². The van der Waals surface area contributed by atoms with Crippen LogP contribution in [0, 0.1) is 17.8 Å². The molecule has 0 spiro atoms. The summed E-state index contributed by atoms with van der Waals surface area (Å²) >= 11 is 0. The lowest BCUT2D eigenvalue weighted by atomic mass is 9.89. The van der Waals surface area contributed by atoms with Gasteiger partial charge in [0.2, 0.25) is 52.1 Å². The Labute approximate surface area is 569 Å². The van der Waals surface area contributed by atoms with Crippen LogP contribution in [0.3, 0.4) is 0 Å². The zero-order chi connectivity index (χ0) is 77.5. The SMILES string of the molecule is CNC(CC(C)C)C(=O)O.CNC(CC(C)C)C(=O)O.NC(=O)CCC(N)C(=O)O[C@@](CCCCC(=O)C(=O)O)(CCCC(=O)C(=O)O)C(=O)O.NC(=O)CC[C@H](N)C(=O)O[C@@](CCCCC(=O)C(=O)O)(CCCC(=O)C(=O)O)C(=O)O.O=C(O)C1CCCC1.O=C1CC[C@@H](C(=O)O)N1. The zero-order valence-corrected chi connectivity index (χ0v) is 56.4. The van der Waals surface area contributed by atoms with Gasteiger partial charge in [0.25, 0.3) is 0 Å². The molecule has 2 fully saturated rings. The Balaban J connectivity index is -0.000000604. The normalized spacial score (nSPS) is 15.3. The second-order valence-corrected chi connectivity index (χ2v) is 23.6. The first-order valence-electron chi connectivity index (χ1n) is 31.4. The fourth-order valence-corrected chi connectivity index (χ4v) is 8.83. The molecule has 7 atom stereocenters. The van der Waals surface area contributed by atoms with Crippen molar-refractivity contribution in [2.45, 2.75) is 236 Å². The van der Waals surface area contributed by atoms with Crippen molar-refractivity contribution in [3.63, 3.8) is 0 Å². The number of Topliss-reactive ketones (excluding diaryl/α,β-unsaturated/α-hetero) is 4. The number of carboxylic acids is 10. The number of amides is 3. The van der Waals surface area contributed by atoms with Crippen molar-refractivity contribution in [2.24, 2.45) is 40.7 Å². The minimum atomic E-state index is -2.19. The number of ether oxygens (including phenoxy) is 2. The quantitative estimate of drug-likeness (QED) is 0.0217. The predicted octanol–water partition coefficient (Wildman–Crippen LogP) is -0.0112. The van der Waals surface area contributed by atoms with Gasteiger partial charge in [-0.3, -0.25) is 57.5 Å². The highest BCUT2D eigenvalue weighted by Gasteiger charge is 2.44. The molecule has 38 nitrogen and oxygen atoms in total. The van der Waals surface area contributed by atoms with Gasteiger partial charge >= 0.3 is 71.6 Å². The van der Waals surface area contributed by atoms with Gasteiger partial charge in [-0.15, -0.1) is 0 Å². The van der Waals surface area contributed by atoms with Crippen LogP contribution in [0.5, 0.6) is 0 Å². The Morgan fingerprint density at radius 3 is 0.960 bits per heavy atom. The zero-order valence-electron chi connectivity index (χ0n) is 56.4. The smallest absolute Gasteiger partial charge is 0.372 e. The molecule has 2 rings (SSSR count). The minimum absolute atomic E-state index is 0.0144. The van der Waals surface area contributed by atoms with Crippen LogP contribution in [0.25, 0.3) is 0 Å². The number of aliphatic carboxylic acids is 10. The number of likely N-dealkylation sites (N-methyl/N-ethyl adjacent to an activating group) is 2. The monoisotopic (exact) mass is 1430 g/mol. The lowest BCUT2D eigenvalue weighted by Crippen LogP contribution is -2.47. The number of hydrogen-bond donors (Lipinski definition) is 17. The summed E-state index contributed by atoms with van der Waals surface area (Å²) < 4.78 is 10.2. The molecule has 21 N–H and O–H groups in total. The van der Waals surface area contributed by atoms with E-state index in [-0.39, 0.29) is 114 Å². The van der Waals surface area contributed by atoms with Crippen molar-refractivity contribution < 1.29 is 152 Å². The highest BCUT2D eigenvalue weighted by atomic mass is 16.6. The van der Waals surface area contributed by atoms with E-state index in [0.29, 0.717) is 37.5 Å². The van der Waals surface area contributed by atoms with Crippen LogP contribution in [0.4, 0.5) is 0 Å². The van der Waals surface area contributed by atoms with Crippen LogP contribution in [0.1, 0.15) is 195 Å². The summed E-state index contributed by atoms with van der Waals surface area (Å²) in [6, 6.07) is -4.14. The molecule has 0 aromatic heterocycles. The molecule has 38 heteroatoms. The average molecular weight is 1430 g/mol. The third-order valence-corrected chi connectivity index (χ3v) is 14.5. The van der Waals surface area contributed by atoms with Crippen LogP contribution in [-0.2, 0) is 101 Å². The standard InChI is InChI=1S/2C18H26N2O11.2C7H15NO2.C6H10O2.C5H7NO3/c2*19-10(6-7-13(20)23)16(28)31-18(17(29)30,9-3-5-12(22)15(26)27)8-2-1-4-11(21)14(24)25;2*1-5(2)4-6(8-3)7(9)10;7-6(8)5-3-1-2-4-5;7-4-2-1-3(6-4)5(8)9/h2*10H,1-9,19H2,(H2,20,23)(H,24,25)(H,26,27)(H,29,30);2*5-6,8H,4H2,1-3H3,(H,9,10);5H,1-4H2,(H,7,8);3H,1-2H2,(H,6,7)(H,8,9)/t10?,18-;10-,18-;;;;3-/m00...0/s1. The first-order valence-corrected chi connectivity index (χ1v) is 31.4. The van der Waals surface area contributed by atoms with E-state index >= 15 is 0 Å². The molecular weight excluding hydrogens is 1330 g/mol. The molecule has 1 aliphatic heterocycles. The van der Waals surface area contributed by atoms with E-state index in [0.717, 1.165) is 25.7 Å². The Morgan fingerprint density at radius 2 is 0.768 bits per heavy atom. The highest BCUT2D eigenvalue weighted by molar-refractivity contribution is 6.33. The molecule has 0 aromatic carbocycles. The molecule has 0 bridgehead atoms. The van der Waals surface area contributed by atoms with Crippen molar-refractivity contribution >= 4 is 112 Å². The maximum atomic E-state index is 12.3. The number of primary amides is 2. The fourth-order valence-electron chi connectivity index (χ4n) is 8.83. The summed E-state index contributed by atoms with van der Waals surface area (Å²) in [5, 5.41) is 95.4. The number of carbonyl (C=O) groups is 19. The van der Waals surface area contributed by atoms with Gasteiger partial charge in [-0.25, -0.2) is 33.6 Å². The highest BCUT2D eigenvalue weighted by Crippen LogP contribution is 2.30. The van der Waals surface area contributed by atoms with Crippen LogP contribution in [0.15, 0.2) is 0 Å². The van der Waals surface area contributed by atoms with Gasteiger partial charge in [-0.05, 0) is 135 Å². The number of hydrogen-bond acceptors (Lipinski definition) is 25. The molecule has 564 valence electrons. The van der Waals surface area contributed by atoms with E-state index in [2.05, 4.69) is 16.0 Å². The van der Waals surface area contributed by atoms with Crippen LogP contribution in [-0.4, -0.2) is 219 Å². The average Bonchev–Trinajstić information content (AvgIpc) is 1.45. The van der Waals surface area contributed by atoms with Crippen molar-refractivity contribution in [1.82, 2.24) is 16.0 Å². The van der Waals surface area contributed by atoms with Crippen molar-refractivity contribution in [1.29, 1.82) is 0 Å². The lowest BCUT2D eigenvalue weighted by molar-refractivity contribution is -0.182. The summed E-state index contributed by atoms with van der Waals surface area (Å²) in [5.74, 6) is -20.5. The molecule has 99 heavy (non-hydrogen) atoms. The van der Waals surface area contributed by atoms with Crippen molar-refractivity contribution in [3.05, 3.63) is 0 Å². The summed E-state index contributed by atoms with van der Waals surface area (Å²) in [7, 11) is 3.34. The van der Waals surface area contributed by atoms with Gasteiger partial charge in [-0.2, -0.15) is 0 Å². The summed E-state index contributed by atoms with van der Waals surface area (Å²) in [6.07, 6.45) is 1.41. The third kappa shape index (κ3) is 45.7. The second kappa shape index (κ2) is 51.7. The van der Waals surface area contributed by atoms with Gasteiger partial charge < -0.3 is 99.4 Å². The molecule has 0 radical (unpaired) electrons. The molecule has 1 heterocycles. The molecule has 1 saturated carbocycles. The number of rotatable bonds is 44. The number of carbonyl (C=O) groups excluding carboxylic acids is 9. The summed E-state index contributed by atoms with van der Waals surface area (Å²) in [4.78, 5) is 209.